The summed E-state index contributed by atoms with van der Waals surface area (Å²) in [5.74, 6) is 0.398. The molecule has 4 N–H and O–H groups in total. The number of aliphatic hydroxyl groups excluding tert-OH is 2. The number of hydrogen-bond acceptors (Lipinski definition) is 6. The molecule has 1 aromatic carbocycles. The molecule has 5 aliphatic rings. The highest BCUT2D eigenvalue weighted by Crippen LogP contribution is 2.67. The first-order chi connectivity index (χ1) is 13.2. The lowest BCUT2D eigenvalue weighted by Crippen LogP contribution is -2.85. The summed E-state index contributed by atoms with van der Waals surface area (Å²) in [6, 6.07) is 2.51. The monoisotopic (exact) mass is 388 g/mol. The predicted octanol–water partition coefficient (Wildman–Crippen LogP) is 0.132. The van der Waals surface area contributed by atoms with Gasteiger partial charge < -0.3 is 29.6 Å². The molecule has 7 atom stereocenters. The number of likely N-dealkylation sites (N-methyl/N-ethyl adjacent to an activating group) is 1. The van der Waals surface area contributed by atoms with Crippen LogP contribution < -0.4 is 4.74 Å². The van der Waals surface area contributed by atoms with Gasteiger partial charge in [-0.25, -0.2) is 0 Å². The number of quaternary nitrogens is 1. The number of nitrogens with zero attached hydrogens (tertiary/aromatic N) is 1. The number of aliphatic hydroxyl groups is 3. The van der Waals surface area contributed by atoms with Crippen LogP contribution in [-0.2, 0) is 10.2 Å². The molecule has 0 amide bonds. The molecule has 0 radical (unpaired) electrons. The Labute approximate surface area is 162 Å². The molecule has 3 aliphatic carbocycles. The van der Waals surface area contributed by atoms with Gasteiger partial charge in [-0.3, -0.25) is 4.79 Å². The Morgan fingerprint density at radius 1 is 1.29 bits per heavy atom. The zero-order chi connectivity index (χ0) is 19.6. The molecule has 2 bridgehead atoms. The summed E-state index contributed by atoms with van der Waals surface area (Å²) < 4.78 is 6.43. The van der Waals surface area contributed by atoms with Crippen LogP contribution >= 0.6 is 0 Å². The number of likely N-dealkylation sites (tertiary alicyclic amines) is 1. The largest absolute Gasteiger partial charge is 0.504 e. The number of rotatable bonds is 2. The molecular formula is C21H26NO6+. The molecule has 6 rings (SSSR count). The van der Waals surface area contributed by atoms with Crippen molar-refractivity contribution in [2.75, 3.05) is 20.1 Å². The van der Waals surface area contributed by atoms with Crippen LogP contribution in [0, 0.1) is 5.92 Å². The zero-order valence-electron chi connectivity index (χ0n) is 15.8. The molecule has 150 valence electrons. The van der Waals surface area contributed by atoms with E-state index in [0.29, 0.717) is 34.5 Å². The molecule has 2 aliphatic heterocycles. The van der Waals surface area contributed by atoms with Gasteiger partial charge in [0.05, 0.1) is 31.7 Å². The van der Waals surface area contributed by atoms with Crippen molar-refractivity contribution in [3.8, 4) is 11.5 Å². The molecular weight excluding hydrogens is 362 g/mol. The van der Waals surface area contributed by atoms with Crippen LogP contribution in [0.15, 0.2) is 12.1 Å². The number of ketones is 1. The maximum Gasteiger partial charge on any atom is 0.177 e. The highest BCUT2D eigenvalue weighted by Gasteiger charge is 2.81. The van der Waals surface area contributed by atoms with Crippen molar-refractivity contribution < 1.29 is 34.4 Å². The maximum atomic E-state index is 12.9. The fraction of sp³-hybridized carbons (Fsp3) is 0.667. The van der Waals surface area contributed by atoms with E-state index in [1.807, 2.05) is 0 Å². The van der Waals surface area contributed by atoms with Crippen LogP contribution in [0.2, 0.25) is 0 Å². The SMILES string of the molecule is C[N@+]1(CC2CC2)CC[C@]23c4c5ccc(O)c4O[C@H]2C(=O)CC(O)[C@@]3(O)[C@H]1C5O. The first-order valence-electron chi connectivity index (χ1n) is 10.2. The second kappa shape index (κ2) is 4.90. The Morgan fingerprint density at radius 3 is 2.75 bits per heavy atom. The van der Waals surface area contributed by atoms with Crippen LogP contribution in [0.3, 0.4) is 0 Å². The highest BCUT2D eigenvalue weighted by molar-refractivity contribution is 5.90. The quantitative estimate of drug-likeness (QED) is 0.537. The summed E-state index contributed by atoms with van der Waals surface area (Å²) in [7, 11) is 2.05. The van der Waals surface area contributed by atoms with E-state index >= 15 is 0 Å². The Kier molecular flexibility index (Phi) is 3.01. The molecule has 1 spiro atoms. The van der Waals surface area contributed by atoms with Gasteiger partial charge in [-0.15, -0.1) is 0 Å². The molecule has 28 heavy (non-hydrogen) atoms. The normalized spacial score (nSPS) is 48.2. The number of phenolic OH excluding ortho intramolecular Hbond substituents is 1. The third-order valence-corrected chi connectivity index (χ3v) is 8.34. The molecule has 2 heterocycles. The number of carbonyl (C=O) groups excluding carboxylic acids is 1. The number of aromatic hydroxyl groups is 1. The molecule has 2 saturated carbocycles. The Bertz CT molecular complexity index is 914. The first-order valence-corrected chi connectivity index (χ1v) is 10.2. The summed E-state index contributed by atoms with van der Waals surface area (Å²) in [6.45, 7) is 1.52. The summed E-state index contributed by atoms with van der Waals surface area (Å²) in [6.07, 6.45) is -0.664. The van der Waals surface area contributed by atoms with Crippen LogP contribution in [0.25, 0.3) is 0 Å². The van der Waals surface area contributed by atoms with Crippen LogP contribution in [0.1, 0.15) is 42.9 Å². The van der Waals surface area contributed by atoms with E-state index < -0.39 is 35.4 Å². The van der Waals surface area contributed by atoms with Gasteiger partial charge >= 0.3 is 0 Å². The summed E-state index contributed by atoms with van der Waals surface area (Å²) >= 11 is 0. The van der Waals surface area contributed by atoms with E-state index in [1.165, 1.54) is 6.07 Å². The molecule has 7 nitrogen and oxygen atoms in total. The standard InChI is InChI=1S/C21H25NO6/c1-22(9-10-2-3-10)7-6-20-15-11-4-5-12(23)17(15)28-19(20)13(24)8-14(25)21(20,27)18(22)16(11)26/h4-5,10,14,16,18-19,25-27H,2-3,6-9H2,1H3/p+1/t14?,16?,18-,19+,20+,21-,22-/m1/s1. The lowest BCUT2D eigenvalue weighted by Gasteiger charge is -2.66. The van der Waals surface area contributed by atoms with E-state index in [2.05, 4.69) is 7.05 Å². The number of phenols is 1. The number of piperidine rings is 1. The summed E-state index contributed by atoms with van der Waals surface area (Å²) in [4.78, 5) is 12.9. The van der Waals surface area contributed by atoms with E-state index in [4.69, 9.17) is 4.74 Å². The maximum absolute atomic E-state index is 12.9. The lowest BCUT2D eigenvalue weighted by atomic mass is 9.47. The van der Waals surface area contributed by atoms with Gasteiger partial charge in [0, 0.05) is 24.3 Å². The first kappa shape index (κ1) is 17.2. The molecule has 7 heteroatoms. The molecule has 1 aromatic rings. The van der Waals surface area contributed by atoms with Crippen molar-refractivity contribution in [1.29, 1.82) is 0 Å². The Hall–Kier alpha value is -1.67. The smallest absolute Gasteiger partial charge is 0.177 e. The predicted molar refractivity (Wildman–Crippen MR) is 96.8 cm³/mol. The van der Waals surface area contributed by atoms with Gasteiger partial charge in [0.2, 0.25) is 0 Å². The summed E-state index contributed by atoms with van der Waals surface area (Å²) in [5.41, 5.74) is -1.70. The minimum atomic E-state index is -1.70. The van der Waals surface area contributed by atoms with Gasteiger partial charge in [-0.2, -0.15) is 0 Å². The zero-order valence-corrected chi connectivity index (χ0v) is 15.8. The number of hydrogen-bond donors (Lipinski definition) is 4. The fourth-order valence-electron chi connectivity index (χ4n) is 7.07. The second-order valence-electron chi connectivity index (χ2n) is 9.83. The lowest BCUT2D eigenvalue weighted by molar-refractivity contribution is -0.955. The van der Waals surface area contributed by atoms with Crippen molar-refractivity contribution in [2.45, 2.75) is 61.1 Å². The average Bonchev–Trinajstić information content (AvgIpc) is 3.35. The van der Waals surface area contributed by atoms with E-state index in [0.717, 1.165) is 19.4 Å². The van der Waals surface area contributed by atoms with Crippen molar-refractivity contribution in [3.63, 3.8) is 0 Å². The van der Waals surface area contributed by atoms with E-state index in [9.17, 15) is 25.2 Å². The number of ether oxygens (including phenoxy) is 1. The highest BCUT2D eigenvalue weighted by atomic mass is 16.5. The molecule has 3 fully saturated rings. The molecule has 0 aromatic heterocycles. The third kappa shape index (κ3) is 1.66. The number of carbonyl (C=O) groups is 1. The van der Waals surface area contributed by atoms with Crippen molar-refractivity contribution in [3.05, 3.63) is 23.3 Å². The average molecular weight is 388 g/mol. The van der Waals surface area contributed by atoms with Crippen molar-refractivity contribution in [2.24, 2.45) is 5.92 Å². The Morgan fingerprint density at radius 2 is 2.04 bits per heavy atom. The van der Waals surface area contributed by atoms with Gasteiger partial charge in [0.15, 0.2) is 35.0 Å². The van der Waals surface area contributed by atoms with Gasteiger partial charge in [0.1, 0.15) is 6.10 Å². The van der Waals surface area contributed by atoms with Gasteiger partial charge in [-0.1, -0.05) is 6.07 Å². The molecule has 1 saturated heterocycles. The molecule has 2 unspecified atom stereocenters. The van der Waals surface area contributed by atoms with E-state index in [-0.39, 0.29) is 23.7 Å². The van der Waals surface area contributed by atoms with Gasteiger partial charge in [0.25, 0.3) is 0 Å². The number of Topliss-reactive ketones (excluding diaryl/α,β-unsaturated/α-hetero) is 1. The van der Waals surface area contributed by atoms with Crippen molar-refractivity contribution >= 4 is 5.78 Å². The van der Waals surface area contributed by atoms with Gasteiger partial charge in [-0.05, 0) is 24.5 Å². The van der Waals surface area contributed by atoms with Crippen molar-refractivity contribution in [1.82, 2.24) is 0 Å². The van der Waals surface area contributed by atoms with Crippen LogP contribution in [0.4, 0.5) is 0 Å². The van der Waals surface area contributed by atoms with Crippen LogP contribution in [-0.4, -0.2) is 74.7 Å². The minimum absolute atomic E-state index is 0.0985. The number of benzene rings is 1. The third-order valence-electron chi connectivity index (χ3n) is 8.34. The summed E-state index contributed by atoms with van der Waals surface area (Å²) in [5, 5.41) is 45.1. The fourth-order valence-corrected chi connectivity index (χ4v) is 7.07. The van der Waals surface area contributed by atoms with E-state index in [1.54, 1.807) is 6.07 Å². The second-order valence-corrected chi connectivity index (χ2v) is 9.83. The topological polar surface area (TPSA) is 107 Å². The Balaban J connectivity index is 1.66. The minimum Gasteiger partial charge on any atom is -0.504 e. The van der Waals surface area contributed by atoms with Crippen LogP contribution in [0.5, 0.6) is 11.5 Å².